The molecule has 2 atom stereocenters. The molecule has 0 N–H and O–H groups in total. The maximum absolute atomic E-state index is 5.99. The van der Waals surface area contributed by atoms with Crippen LogP contribution in [0.3, 0.4) is 0 Å². The van der Waals surface area contributed by atoms with E-state index in [-0.39, 0.29) is 0 Å². The Labute approximate surface area is 117 Å². The van der Waals surface area contributed by atoms with Gasteiger partial charge in [-0.1, -0.05) is 11.6 Å². The fourth-order valence-electron chi connectivity index (χ4n) is 2.49. The molecule has 0 spiro atoms. The standard InChI is InChI=1S/C14H18ClN3O/c1-10-9-19-11(2)5-17(10)7-13-8-18-6-12(15)3-4-14(18)16-13/h3-4,6,8,10-11H,5,7,9H2,1-2H3. The summed E-state index contributed by atoms with van der Waals surface area (Å²) in [5.41, 5.74) is 2.01. The molecule has 0 bridgehead atoms. The molecule has 1 aliphatic heterocycles. The predicted molar refractivity (Wildman–Crippen MR) is 75.5 cm³/mol. The quantitative estimate of drug-likeness (QED) is 0.846. The lowest BCUT2D eigenvalue weighted by atomic mass is 10.2. The van der Waals surface area contributed by atoms with Crippen molar-refractivity contribution in [1.29, 1.82) is 0 Å². The van der Waals surface area contributed by atoms with Crippen LogP contribution in [0.1, 0.15) is 19.5 Å². The van der Waals surface area contributed by atoms with Crippen LogP contribution >= 0.6 is 11.6 Å². The van der Waals surface area contributed by atoms with Crippen LogP contribution in [0.2, 0.25) is 5.02 Å². The molecule has 2 aromatic heterocycles. The first-order chi connectivity index (χ1) is 9.11. The van der Waals surface area contributed by atoms with Crippen molar-refractivity contribution >= 4 is 17.2 Å². The molecular weight excluding hydrogens is 262 g/mol. The van der Waals surface area contributed by atoms with E-state index in [0.29, 0.717) is 12.1 Å². The van der Waals surface area contributed by atoms with Gasteiger partial charge in [0.1, 0.15) is 5.65 Å². The van der Waals surface area contributed by atoms with Gasteiger partial charge in [0.05, 0.1) is 23.4 Å². The molecule has 1 saturated heterocycles. The minimum Gasteiger partial charge on any atom is -0.376 e. The van der Waals surface area contributed by atoms with Gasteiger partial charge in [-0.2, -0.15) is 0 Å². The SMILES string of the molecule is CC1CN(Cc2cn3cc(Cl)ccc3n2)C(C)CO1. The predicted octanol–water partition coefficient (Wildman–Crippen LogP) is 2.60. The zero-order valence-corrected chi connectivity index (χ0v) is 12.0. The third-order valence-corrected chi connectivity index (χ3v) is 3.79. The summed E-state index contributed by atoms with van der Waals surface area (Å²) in [6.07, 6.45) is 4.23. The Bertz CT molecular complexity index is 583. The van der Waals surface area contributed by atoms with Crippen molar-refractivity contribution in [2.75, 3.05) is 13.2 Å². The van der Waals surface area contributed by atoms with Crippen molar-refractivity contribution in [3.63, 3.8) is 0 Å². The van der Waals surface area contributed by atoms with Crippen molar-refractivity contribution in [2.45, 2.75) is 32.5 Å². The van der Waals surface area contributed by atoms with Gasteiger partial charge in [0.25, 0.3) is 0 Å². The maximum atomic E-state index is 5.99. The first kappa shape index (κ1) is 12.9. The lowest BCUT2D eigenvalue weighted by molar-refractivity contribution is -0.0530. The third-order valence-electron chi connectivity index (χ3n) is 3.57. The lowest BCUT2D eigenvalue weighted by Gasteiger charge is -2.36. The number of halogens is 1. The monoisotopic (exact) mass is 279 g/mol. The van der Waals surface area contributed by atoms with Crippen LogP contribution in [0.15, 0.2) is 24.5 Å². The van der Waals surface area contributed by atoms with E-state index in [1.54, 1.807) is 0 Å². The number of pyridine rings is 1. The Morgan fingerprint density at radius 1 is 1.37 bits per heavy atom. The second-order valence-corrected chi connectivity index (χ2v) is 5.70. The minimum absolute atomic E-state index is 0.294. The highest BCUT2D eigenvalue weighted by Gasteiger charge is 2.23. The second-order valence-electron chi connectivity index (χ2n) is 5.27. The summed E-state index contributed by atoms with van der Waals surface area (Å²) in [6, 6.07) is 4.24. The highest BCUT2D eigenvalue weighted by atomic mass is 35.5. The van der Waals surface area contributed by atoms with Gasteiger partial charge in [0.2, 0.25) is 0 Å². The topological polar surface area (TPSA) is 29.8 Å². The molecule has 0 aromatic carbocycles. The molecule has 0 amide bonds. The number of hydrogen-bond acceptors (Lipinski definition) is 3. The van der Waals surface area contributed by atoms with E-state index in [1.165, 1.54) is 0 Å². The van der Waals surface area contributed by atoms with Gasteiger partial charge in [0, 0.05) is 31.5 Å². The Kier molecular flexibility index (Phi) is 3.48. The molecule has 1 aliphatic rings. The Hall–Kier alpha value is -1.10. The Morgan fingerprint density at radius 3 is 3.05 bits per heavy atom. The summed E-state index contributed by atoms with van der Waals surface area (Å²) in [5, 5.41) is 0.727. The number of imidazole rings is 1. The van der Waals surface area contributed by atoms with Gasteiger partial charge in [0.15, 0.2) is 0 Å². The first-order valence-electron chi connectivity index (χ1n) is 6.60. The molecule has 2 unspecified atom stereocenters. The van der Waals surface area contributed by atoms with Crippen LogP contribution in [0.4, 0.5) is 0 Å². The molecule has 0 aliphatic carbocycles. The summed E-state index contributed by atoms with van der Waals surface area (Å²) in [5.74, 6) is 0. The van der Waals surface area contributed by atoms with E-state index in [1.807, 2.05) is 28.9 Å². The molecule has 1 fully saturated rings. The van der Waals surface area contributed by atoms with Crippen molar-refractivity contribution in [1.82, 2.24) is 14.3 Å². The minimum atomic E-state index is 0.294. The van der Waals surface area contributed by atoms with Crippen LogP contribution in [-0.2, 0) is 11.3 Å². The average Bonchev–Trinajstić information content (AvgIpc) is 2.75. The van der Waals surface area contributed by atoms with Crippen molar-refractivity contribution in [3.05, 3.63) is 35.2 Å². The first-order valence-corrected chi connectivity index (χ1v) is 6.98. The third kappa shape index (κ3) is 2.76. The molecule has 2 aromatic rings. The second kappa shape index (κ2) is 5.12. The average molecular weight is 280 g/mol. The highest BCUT2D eigenvalue weighted by Crippen LogP contribution is 2.17. The smallest absolute Gasteiger partial charge is 0.137 e. The number of rotatable bonds is 2. The summed E-state index contributed by atoms with van der Waals surface area (Å²) in [6.45, 7) is 6.91. The molecular formula is C14H18ClN3O. The lowest BCUT2D eigenvalue weighted by Crippen LogP contribution is -2.46. The molecule has 5 heteroatoms. The Balaban J connectivity index is 1.80. The van der Waals surface area contributed by atoms with Crippen LogP contribution < -0.4 is 0 Å². The van der Waals surface area contributed by atoms with Crippen LogP contribution in [0.5, 0.6) is 0 Å². The largest absolute Gasteiger partial charge is 0.376 e. The van der Waals surface area contributed by atoms with Crippen LogP contribution in [0, 0.1) is 0 Å². The summed E-state index contributed by atoms with van der Waals surface area (Å²) >= 11 is 5.99. The molecule has 3 heterocycles. The van der Waals surface area contributed by atoms with E-state index >= 15 is 0 Å². The van der Waals surface area contributed by atoms with Crippen LogP contribution in [0.25, 0.3) is 5.65 Å². The van der Waals surface area contributed by atoms with Gasteiger partial charge in [-0.15, -0.1) is 0 Å². The number of hydrogen-bond donors (Lipinski definition) is 0. The van der Waals surface area contributed by atoms with E-state index in [2.05, 4.69) is 23.7 Å². The number of nitrogens with zero attached hydrogens (tertiary/aromatic N) is 3. The normalized spacial score (nSPS) is 25.0. The fraction of sp³-hybridized carbons (Fsp3) is 0.500. The van der Waals surface area contributed by atoms with Gasteiger partial charge in [-0.25, -0.2) is 4.98 Å². The fourth-order valence-corrected chi connectivity index (χ4v) is 2.66. The summed E-state index contributed by atoms with van der Waals surface area (Å²) in [7, 11) is 0. The highest BCUT2D eigenvalue weighted by molar-refractivity contribution is 6.30. The van der Waals surface area contributed by atoms with E-state index in [9.17, 15) is 0 Å². The van der Waals surface area contributed by atoms with E-state index < -0.39 is 0 Å². The van der Waals surface area contributed by atoms with Crippen molar-refractivity contribution < 1.29 is 4.74 Å². The molecule has 0 saturated carbocycles. The Morgan fingerprint density at radius 2 is 2.21 bits per heavy atom. The molecule has 0 radical (unpaired) electrons. The van der Waals surface area contributed by atoms with Gasteiger partial charge >= 0.3 is 0 Å². The van der Waals surface area contributed by atoms with E-state index in [4.69, 9.17) is 16.3 Å². The van der Waals surface area contributed by atoms with Gasteiger partial charge in [-0.3, -0.25) is 4.90 Å². The number of morpholine rings is 1. The van der Waals surface area contributed by atoms with Gasteiger partial charge < -0.3 is 9.14 Å². The number of aromatic nitrogens is 2. The molecule has 19 heavy (non-hydrogen) atoms. The summed E-state index contributed by atoms with van der Waals surface area (Å²) < 4.78 is 7.63. The van der Waals surface area contributed by atoms with Crippen molar-refractivity contribution in [3.8, 4) is 0 Å². The van der Waals surface area contributed by atoms with Gasteiger partial charge in [-0.05, 0) is 26.0 Å². The number of ether oxygens (including phenoxy) is 1. The molecule has 102 valence electrons. The molecule has 4 nitrogen and oxygen atoms in total. The van der Waals surface area contributed by atoms with E-state index in [0.717, 1.165) is 36.1 Å². The maximum Gasteiger partial charge on any atom is 0.137 e. The van der Waals surface area contributed by atoms with Crippen LogP contribution in [-0.4, -0.2) is 39.6 Å². The molecule has 3 rings (SSSR count). The van der Waals surface area contributed by atoms with Crippen molar-refractivity contribution in [2.24, 2.45) is 0 Å². The number of fused-ring (bicyclic) bond motifs is 1. The summed E-state index contributed by atoms with van der Waals surface area (Å²) in [4.78, 5) is 7.04. The zero-order chi connectivity index (χ0) is 13.4. The zero-order valence-electron chi connectivity index (χ0n) is 11.2.